The molecule has 5 nitrogen and oxygen atoms in total. The van der Waals surface area contributed by atoms with E-state index >= 15 is 0 Å². The number of hydrogen-bond acceptors (Lipinski definition) is 5. The molecule has 1 aromatic heterocycles. The van der Waals surface area contributed by atoms with Crippen LogP contribution in [0.15, 0.2) is 21.3 Å². The molecule has 2 N–H and O–H groups in total. The molecule has 0 aliphatic heterocycles. The molecule has 1 rings (SSSR count). The normalized spacial score (nSPS) is 14.2. The Morgan fingerprint density at radius 3 is 2.41 bits per heavy atom. The lowest BCUT2D eigenvalue weighted by Gasteiger charge is -2.18. The summed E-state index contributed by atoms with van der Waals surface area (Å²) >= 11 is 6.38. The number of ether oxygens (including phenoxy) is 1. The summed E-state index contributed by atoms with van der Waals surface area (Å²) in [6.45, 7) is 1.76. The minimum atomic E-state index is -1.63. The summed E-state index contributed by atoms with van der Waals surface area (Å²) in [7, 11) is 0. The fourth-order valence-corrected chi connectivity index (χ4v) is 2.62. The van der Waals surface area contributed by atoms with E-state index in [1.165, 1.54) is 12.4 Å². The fraction of sp³-hybridized carbons (Fsp3) is 0.400. The summed E-state index contributed by atoms with van der Waals surface area (Å²) < 4.78 is 5.61. The highest BCUT2D eigenvalue weighted by Gasteiger charge is 2.29. The largest absolute Gasteiger partial charge is 0.464 e. The van der Waals surface area contributed by atoms with Gasteiger partial charge < -0.3 is 14.9 Å². The highest BCUT2D eigenvalue weighted by Crippen LogP contribution is 2.31. The highest BCUT2D eigenvalue weighted by molar-refractivity contribution is 9.11. The van der Waals surface area contributed by atoms with E-state index in [0.29, 0.717) is 14.5 Å². The lowest BCUT2D eigenvalue weighted by Crippen LogP contribution is -2.30. The van der Waals surface area contributed by atoms with Gasteiger partial charge in [0.2, 0.25) is 0 Å². The summed E-state index contributed by atoms with van der Waals surface area (Å²) in [6, 6.07) is 0. The van der Waals surface area contributed by atoms with Crippen molar-refractivity contribution < 1.29 is 19.7 Å². The van der Waals surface area contributed by atoms with E-state index in [-0.39, 0.29) is 6.61 Å². The number of rotatable bonds is 4. The van der Waals surface area contributed by atoms with Gasteiger partial charge in [-0.15, -0.1) is 0 Å². The molecular formula is C10H11Br2NO4. The molecule has 7 heteroatoms. The first-order valence-corrected chi connectivity index (χ1v) is 6.39. The van der Waals surface area contributed by atoms with Crippen LogP contribution in [0.25, 0.3) is 0 Å². The van der Waals surface area contributed by atoms with Gasteiger partial charge in [0.1, 0.15) is 6.10 Å². The molecular weight excluding hydrogens is 358 g/mol. The number of aromatic nitrogens is 1. The second-order valence-electron chi connectivity index (χ2n) is 3.16. The minimum absolute atomic E-state index is 0.140. The van der Waals surface area contributed by atoms with Crippen molar-refractivity contribution in [3.63, 3.8) is 0 Å². The lowest BCUT2D eigenvalue weighted by atomic mass is 10.1. The van der Waals surface area contributed by atoms with Crippen LogP contribution < -0.4 is 0 Å². The maximum atomic E-state index is 11.3. The zero-order chi connectivity index (χ0) is 13.0. The van der Waals surface area contributed by atoms with Crippen LogP contribution in [-0.4, -0.2) is 33.9 Å². The van der Waals surface area contributed by atoms with Crippen LogP contribution in [0.4, 0.5) is 0 Å². The SMILES string of the molecule is CCOC(=O)C(O)C(O)c1c(Br)cncc1Br. The topological polar surface area (TPSA) is 79.7 Å². The average molecular weight is 369 g/mol. The number of nitrogens with zero attached hydrogens (tertiary/aromatic N) is 1. The van der Waals surface area contributed by atoms with Crippen molar-refractivity contribution in [2.24, 2.45) is 0 Å². The molecule has 0 fully saturated rings. The van der Waals surface area contributed by atoms with Gasteiger partial charge in [0, 0.05) is 26.9 Å². The van der Waals surface area contributed by atoms with E-state index in [0.717, 1.165) is 0 Å². The molecule has 2 atom stereocenters. The van der Waals surface area contributed by atoms with Crippen LogP contribution in [0.3, 0.4) is 0 Å². The third-order valence-electron chi connectivity index (χ3n) is 2.01. The standard InChI is InChI=1S/C10H11Br2NO4/c1-2-17-10(16)9(15)8(14)7-5(11)3-13-4-6(7)12/h3-4,8-9,14-15H,2H2,1H3. The van der Waals surface area contributed by atoms with Crippen molar-refractivity contribution in [3.05, 3.63) is 26.9 Å². The zero-order valence-electron chi connectivity index (χ0n) is 8.93. The molecule has 0 spiro atoms. The molecule has 1 heterocycles. The second kappa shape index (κ2) is 6.44. The van der Waals surface area contributed by atoms with Crippen molar-refractivity contribution in [3.8, 4) is 0 Å². The Morgan fingerprint density at radius 1 is 1.41 bits per heavy atom. The molecule has 0 amide bonds. The maximum absolute atomic E-state index is 11.3. The van der Waals surface area contributed by atoms with E-state index in [1.807, 2.05) is 0 Å². The Kier molecular flexibility index (Phi) is 5.51. The van der Waals surface area contributed by atoms with Crippen LogP contribution in [0.1, 0.15) is 18.6 Å². The Morgan fingerprint density at radius 2 is 1.94 bits per heavy atom. The van der Waals surface area contributed by atoms with E-state index in [4.69, 9.17) is 0 Å². The second-order valence-corrected chi connectivity index (χ2v) is 4.87. The summed E-state index contributed by atoms with van der Waals surface area (Å²) in [4.78, 5) is 15.2. The van der Waals surface area contributed by atoms with Gasteiger partial charge in [0.15, 0.2) is 6.10 Å². The lowest BCUT2D eigenvalue weighted by molar-refractivity contribution is -0.159. The van der Waals surface area contributed by atoms with Crippen LogP contribution in [0.5, 0.6) is 0 Å². The van der Waals surface area contributed by atoms with E-state index < -0.39 is 18.2 Å². The molecule has 94 valence electrons. The summed E-state index contributed by atoms with van der Waals surface area (Å²) in [5, 5.41) is 19.5. The van der Waals surface area contributed by atoms with Crippen molar-refractivity contribution in [2.75, 3.05) is 6.61 Å². The number of aliphatic hydroxyl groups is 2. The Hall–Kier alpha value is -0.500. The van der Waals surface area contributed by atoms with Crippen molar-refractivity contribution in [2.45, 2.75) is 19.1 Å². The summed E-state index contributed by atoms with van der Waals surface area (Å²) in [6.07, 6.45) is -0.103. The number of halogens is 2. The molecule has 0 saturated carbocycles. The monoisotopic (exact) mass is 367 g/mol. The molecule has 0 bridgehead atoms. The molecule has 0 radical (unpaired) electrons. The Labute approximate surface area is 115 Å². The van der Waals surface area contributed by atoms with Gasteiger partial charge >= 0.3 is 5.97 Å². The van der Waals surface area contributed by atoms with Gasteiger partial charge in [0.25, 0.3) is 0 Å². The Balaban J connectivity index is 2.96. The first kappa shape index (κ1) is 14.6. The van der Waals surface area contributed by atoms with Gasteiger partial charge in [0.05, 0.1) is 6.61 Å². The smallest absolute Gasteiger partial charge is 0.338 e. The minimum Gasteiger partial charge on any atom is -0.464 e. The maximum Gasteiger partial charge on any atom is 0.338 e. The number of hydrogen-bond donors (Lipinski definition) is 2. The average Bonchev–Trinajstić information content (AvgIpc) is 2.27. The van der Waals surface area contributed by atoms with Crippen LogP contribution in [-0.2, 0) is 9.53 Å². The molecule has 17 heavy (non-hydrogen) atoms. The van der Waals surface area contributed by atoms with Crippen molar-refractivity contribution >= 4 is 37.8 Å². The predicted molar refractivity (Wildman–Crippen MR) is 67.2 cm³/mol. The summed E-state index contributed by atoms with van der Waals surface area (Å²) in [5.74, 6) is -0.865. The van der Waals surface area contributed by atoms with Gasteiger partial charge in [-0.25, -0.2) is 4.79 Å². The number of esters is 1. The van der Waals surface area contributed by atoms with Gasteiger partial charge in [-0.1, -0.05) is 0 Å². The predicted octanol–water partition coefficient (Wildman–Crippen LogP) is 1.56. The number of carbonyl (C=O) groups excluding carboxylic acids is 1. The number of carbonyl (C=O) groups is 1. The van der Waals surface area contributed by atoms with Crippen molar-refractivity contribution in [1.29, 1.82) is 0 Å². The first-order chi connectivity index (χ1) is 7.99. The van der Waals surface area contributed by atoms with Crippen LogP contribution >= 0.6 is 31.9 Å². The molecule has 0 saturated heterocycles. The van der Waals surface area contributed by atoms with Gasteiger partial charge in [-0.2, -0.15) is 0 Å². The van der Waals surface area contributed by atoms with Crippen molar-refractivity contribution in [1.82, 2.24) is 4.98 Å². The molecule has 2 unspecified atom stereocenters. The van der Waals surface area contributed by atoms with Gasteiger partial charge in [-0.05, 0) is 38.8 Å². The van der Waals surface area contributed by atoms with Gasteiger partial charge in [-0.3, -0.25) is 4.98 Å². The van der Waals surface area contributed by atoms with E-state index in [9.17, 15) is 15.0 Å². The fourth-order valence-electron chi connectivity index (χ4n) is 1.22. The molecule has 1 aromatic rings. The van der Waals surface area contributed by atoms with Crippen LogP contribution in [0, 0.1) is 0 Å². The third-order valence-corrected chi connectivity index (χ3v) is 3.28. The molecule has 0 aliphatic carbocycles. The third kappa shape index (κ3) is 3.48. The number of pyridine rings is 1. The highest BCUT2D eigenvalue weighted by atomic mass is 79.9. The quantitative estimate of drug-likeness (QED) is 0.788. The van der Waals surface area contributed by atoms with E-state index in [1.54, 1.807) is 6.92 Å². The van der Waals surface area contributed by atoms with E-state index in [2.05, 4.69) is 41.6 Å². The zero-order valence-corrected chi connectivity index (χ0v) is 12.1. The molecule has 0 aliphatic rings. The van der Waals surface area contributed by atoms with Crippen LogP contribution in [0.2, 0.25) is 0 Å². The first-order valence-electron chi connectivity index (χ1n) is 4.80. The Bertz CT molecular complexity index is 393. The molecule has 0 aromatic carbocycles. The summed E-state index contributed by atoms with van der Waals surface area (Å²) in [5.41, 5.74) is 0.348. The number of aliphatic hydroxyl groups excluding tert-OH is 2.